The van der Waals surface area contributed by atoms with E-state index in [9.17, 15) is 0 Å². The number of hydrogen-bond donors (Lipinski definition) is 1. The lowest BCUT2D eigenvalue weighted by Gasteiger charge is -2.04. The molecule has 0 spiro atoms. The smallest absolute Gasteiger partial charge is 0.0623 e. The monoisotopic (exact) mass is 171 g/mol. The van der Waals surface area contributed by atoms with E-state index in [1.54, 1.807) is 24.3 Å². The summed E-state index contributed by atoms with van der Waals surface area (Å²) in [6.45, 7) is 0. The molecule has 0 heterocycles. The minimum Gasteiger partial charge on any atom is -0.356 e. The molecule has 2 aromatic rings. The van der Waals surface area contributed by atoms with Crippen LogP contribution < -0.4 is 5.32 Å². The summed E-state index contributed by atoms with van der Waals surface area (Å²) < 4.78 is 14.7. The molecule has 1 heteroatoms. The van der Waals surface area contributed by atoms with Crippen LogP contribution in [0, 0.1) is 0 Å². The molecule has 0 amide bonds. The minimum atomic E-state index is 0.502. The maximum absolute atomic E-state index is 7.35. The highest BCUT2D eigenvalue weighted by molar-refractivity contribution is 5.58. The van der Waals surface area contributed by atoms with E-state index in [1.807, 2.05) is 24.3 Å². The third-order valence-electron chi connectivity index (χ3n) is 1.73. The Labute approximate surface area is 80.8 Å². The van der Waals surface area contributed by atoms with Gasteiger partial charge >= 0.3 is 0 Å². The van der Waals surface area contributed by atoms with Crippen LogP contribution in [0.3, 0.4) is 0 Å². The lowest BCUT2D eigenvalue weighted by molar-refractivity contribution is 1.55. The number of benzene rings is 2. The molecule has 0 aliphatic carbocycles. The summed E-state index contributed by atoms with van der Waals surface area (Å²) >= 11 is 0. The Balaban J connectivity index is 2.15. The fraction of sp³-hybridized carbons (Fsp3) is 0. The quantitative estimate of drug-likeness (QED) is 0.730. The van der Waals surface area contributed by atoms with Gasteiger partial charge in [-0.15, -0.1) is 0 Å². The van der Waals surface area contributed by atoms with Crippen LogP contribution in [-0.2, 0) is 0 Å². The third-order valence-corrected chi connectivity index (χ3v) is 1.73. The van der Waals surface area contributed by atoms with Crippen molar-refractivity contribution in [2.45, 2.75) is 0 Å². The van der Waals surface area contributed by atoms with E-state index in [0.29, 0.717) is 12.1 Å². The number of nitrogens with one attached hydrogen (secondary N) is 1. The first-order valence-corrected chi connectivity index (χ1v) is 4.14. The standard InChI is InChI=1S/C12H11N/c1-3-7-11(8-4-1)13-12-9-5-2-6-10-12/h1-10,13H/i1D,2D. The van der Waals surface area contributed by atoms with Crippen LogP contribution in [0.5, 0.6) is 0 Å². The Kier molecular flexibility index (Phi) is 1.68. The number of anilines is 2. The molecule has 0 aliphatic heterocycles. The molecule has 0 saturated heterocycles. The van der Waals surface area contributed by atoms with E-state index in [0.717, 1.165) is 11.4 Å². The predicted octanol–water partition coefficient (Wildman–Crippen LogP) is 3.43. The van der Waals surface area contributed by atoms with Gasteiger partial charge in [-0.25, -0.2) is 0 Å². The highest BCUT2D eigenvalue weighted by atomic mass is 14.9. The number of hydrogen-bond acceptors (Lipinski definition) is 1. The number of para-hydroxylation sites is 2. The first kappa shape index (κ1) is 5.81. The Hall–Kier alpha value is -1.76. The average Bonchev–Trinajstić information content (AvgIpc) is 2.25. The second kappa shape index (κ2) is 3.76. The second-order valence-electron chi connectivity index (χ2n) is 2.70. The van der Waals surface area contributed by atoms with E-state index in [2.05, 4.69) is 5.32 Å². The predicted molar refractivity (Wildman–Crippen MR) is 56.2 cm³/mol. The molecule has 2 aromatic carbocycles. The van der Waals surface area contributed by atoms with Crippen LogP contribution in [0.2, 0.25) is 0 Å². The number of rotatable bonds is 2. The van der Waals surface area contributed by atoms with Crippen LogP contribution in [-0.4, -0.2) is 0 Å². The van der Waals surface area contributed by atoms with Gasteiger partial charge in [-0.2, -0.15) is 0 Å². The molecular formula is C12H11N. The zero-order valence-electron chi connectivity index (χ0n) is 9.12. The van der Waals surface area contributed by atoms with Gasteiger partial charge < -0.3 is 5.32 Å². The summed E-state index contributed by atoms with van der Waals surface area (Å²) in [4.78, 5) is 0. The van der Waals surface area contributed by atoms with Gasteiger partial charge in [-0.05, 0) is 24.3 Å². The molecule has 0 radical (unpaired) electrons. The Morgan fingerprint density at radius 1 is 0.769 bits per heavy atom. The van der Waals surface area contributed by atoms with Crippen molar-refractivity contribution in [3.8, 4) is 0 Å². The van der Waals surface area contributed by atoms with E-state index in [1.165, 1.54) is 0 Å². The zero-order valence-corrected chi connectivity index (χ0v) is 7.12. The van der Waals surface area contributed by atoms with Gasteiger partial charge in [0.15, 0.2) is 0 Å². The van der Waals surface area contributed by atoms with Crippen molar-refractivity contribution >= 4 is 11.4 Å². The molecule has 0 saturated carbocycles. The molecule has 0 aliphatic rings. The summed E-state index contributed by atoms with van der Waals surface area (Å²) in [5.74, 6) is 0. The van der Waals surface area contributed by atoms with Gasteiger partial charge in [-0.1, -0.05) is 36.4 Å². The van der Waals surface area contributed by atoms with Gasteiger partial charge in [0, 0.05) is 11.4 Å². The van der Waals surface area contributed by atoms with Crippen molar-refractivity contribution in [3.05, 3.63) is 60.6 Å². The molecule has 0 bridgehead atoms. The van der Waals surface area contributed by atoms with Crippen molar-refractivity contribution in [1.29, 1.82) is 0 Å². The van der Waals surface area contributed by atoms with Crippen LogP contribution in [0.25, 0.3) is 0 Å². The first-order valence-electron chi connectivity index (χ1n) is 5.14. The van der Waals surface area contributed by atoms with Crippen molar-refractivity contribution in [1.82, 2.24) is 0 Å². The summed E-state index contributed by atoms with van der Waals surface area (Å²) in [6, 6.07) is 15.4. The van der Waals surface area contributed by atoms with Crippen molar-refractivity contribution in [2.75, 3.05) is 5.32 Å². The van der Waals surface area contributed by atoms with E-state index in [4.69, 9.17) is 2.74 Å². The SMILES string of the molecule is [2H]c1ccc(Nc2ccc([2H])cc2)cc1. The minimum absolute atomic E-state index is 0.502. The average molecular weight is 171 g/mol. The molecule has 64 valence electrons. The van der Waals surface area contributed by atoms with Crippen LogP contribution >= 0.6 is 0 Å². The van der Waals surface area contributed by atoms with Gasteiger partial charge in [-0.3, -0.25) is 0 Å². The molecule has 0 fully saturated rings. The van der Waals surface area contributed by atoms with Crippen LogP contribution in [0.4, 0.5) is 11.4 Å². The fourth-order valence-corrected chi connectivity index (χ4v) is 1.11. The molecule has 13 heavy (non-hydrogen) atoms. The molecule has 1 nitrogen and oxygen atoms in total. The summed E-state index contributed by atoms with van der Waals surface area (Å²) in [7, 11) is 0. The van der Waals surface area contributed by atoms with Gasteiger partial charge in [0.05, 0.1) is 2.74 Å². The molecule has 1 N–H and O–H groups in total. The lowest BCUT2D eigenvalue weighted by Crippen LogP contribution is -1.87. The maximum Gasteiger partial charge on any atom is 0.0623 e. The van der Waals surface area contributed by atoms with Gasteiger partial charge in [0.2, 0.25) is 0 Å². The first-order chi connectivity index (χ1) is 7.24. The summed E-state index contributed by atoms with van der Waals surface area (Å²) in [5.41, 5.74) is 1.90. The van der Waals surface area contributed by atoms with Crippen LogP contribution in [0.1, 0.15) is 2.74 Å². The lowest BCUT2D eigenvalue weighted by atomic mass is 10.3. The highest BCUT2D eigenvalue weighted by Gasteiger charge is 1.89. The largest absolute Gasteiger partial charge is 0.356 e. The van der Waals surface area contributed by atoms with Crippen molar-refractivity contribution in [2.24, 2.45) is 0 Å². The van der Waals surface area contributed by atoms with Crippen molar-refractivity contribution < 1.29 is 2.74 Å². The van der Waals surface area contributed by atoms with E-state index >= 15 is 0 Å². The second-order valence-corrected chi connectivity index (χ2v) is 2.70. The van der Waals surface area contributed by atoms with Gasteiger partial charge in [0.25, 0.3) is 0 Å². The molecular weight excluding hydrogens is 158 g/mol. The topological polar surface area (TPSA) is 12.0 Å². The Morgan fingerprint density at radius 3 is 1.54 bits per heavy atom. The molecule has 0 unspecified atom stereocenters. The normalized spacial score (nSPS) is 11.7. The fourth-order valence-electron chi connectivity index (χ4n) is 1.11. The highest BCUT2D eigenvalue weighted by Crippen LogP contribution is 2.14. The molecule has 0 atom stereocenters. The van der Waals surface area contributed by atoms with E-state index < -0.39 is 0 Å². The Morgan fingerprint density at radius 2 is 1.15 bits per heavy atom. The Bertz CT molecular complexity index is 391. The van der Waals surface area contributed by atoms with E-state index in [-0.39, 0.29) is 0 Å². The summed E-state index contributed by atoms with van der Waals surface area (Å²) in [5, 5.41) is 3.19. The maximum atomic E-state index is 7.35. The van der Waals surface area contributed by atoms with Crippen molar-refractivity contribution in [3.63, 3.8) is 0 Å². The molecule has 0 aromatic heterocycles. The van der Waals surface area contributed by atoms with Gasteiger partial charge in [0.1, 0.15) is 0 Å². The summed E-state index contributed by atoms with van der Waals surface area (Å²) in [6.07, 6.45) is 0. The third kappa shape index (κ3) is 2.09. The molecule has 2 rings (SSSR count). The zero-order chi connectivity index (χ0) is 10.7. The van der Waals surface area contributed by atoms with Crippen LogP contribution in [0.15, 0.2) is 60.6 Å².